The summed E-state index contributed by atoms with van der Waals surface area (Å²) in [7, 11) is 0. The number of nitrogens with one attached hydrogen (secondary N) is 2. The predicted octanol–water partition coefficient (Wildman–Crippen LogP) is 13.1. The molecule has 17 nitrogen and oxygen atoms in total. The number of phenols is 4. The molecule has 400 valence electrons. The fourth-order valence-electron chi connectivity index (χ4n) is 5.46. The number of phenolic OH excluding ortho intramolecular Hbond substituents is 4. The first-order valence-corrected chi connectivity index (χ1v) is 25.2. The molecule has 2 amide bonds. The van der Waals surface area contributed by atoms with E-state index in [1.165, 1.54) is 30.5 Å². The number of para-hydroxylation sites is 1. The number of aldehydes is 3. The average Bonchev–Trinajstić information content (AvgIpc) is 3.39. The van der Waals surface area contributed by atoms with Crippen molar-refractivity contribution in [3.05, 3.63) is 157 Å². The number of carbonyl (C=O) groups is 5. The lowest BCUT2D eigenvalue weighted by Crippen LogP contribution is -2.30. The lowest BCUT2D eigenvalue weighted by atomic mass is 10.2. The molecule has 0 spiro atoms. The fraction of sp³-hybridized carbons (Fsp3) is 0.160. The van der Waals surface area contributed by atoms with E-state index in [9.17, 15) is 44.4 Å². The third-order valence-corrected chi connectivity index (χ3v) is 12.7. The molecular formula is C50H46Br2Cl6N4O13. The summed E-state index contributed by atoms with van der Waals surface area (Å²) in [5.74, 6) is 4.24. The van der Waals surface area contributed by atoms with Crippen molar-refractivity contribution >= 4 is 138 Å². The summed E-state index contributed by atoms with van der Waals surface area (Å²) < 4.78 is 21.9. The first-order chi connectivity index (χ1) is 35.7. The van der Waals surface area contributed by atoms with E-state index in [-0.39, 0.29) is 98.5 Å². The molecule has 8 N–H and O–H groups in total. The van der Waals surface area contributed by atoms with E-state index < -0.39 is 5.91 Å². The van der Waals surface area contributed by atoms with Crippen LogP contribution in [0.2, 0.25) is 30.1 Å². The van der Waals surface area contributed by atoms with Gasteiger partial charge in [0.1, 0.15) is 0 Å². The summed E-state index contributed by atoms with van der Waals surface area (Å²) in [6, 6.07) is 23.0. The molecule has 0 unspecified atom stereocenters. The van der Waals surface area contributed by atoms with Gasteiger partial charge in [-0.3, -0.25) is 29.4 Å². The van der Waals surface area contributed by atoms with Gasteiger partial charge < -0.3 is 39.4 Å². The second kappa shape index (κ2) is 33.8. The van der Waals surface area contributed by atoms with Crippen LogP contribution in [-0.2, 0) is 0 Å². The van der Waals surface area contributed by atoms with Gasteiger partial charge in [-0.05, 0) is 96.0 Å². The Morgan fingerprint density at radius 3 is 1.28 bits per heavy atom. The zero-order valence-electron chi connectivity index (χ0n) is 39.7. The third-order valence-electron chi connectivity index (χ3n) is 8.90. The van der Waals surface area contributed by atoms with Crippen LogP contribution in [0.4, 0.5) is 0 Å². The highest BCUT2D eigenvalue weighted by atomic mass is 79.9. The first-order valence-electron chi connectivity index (χ1n) is 21.4. The van der Waals surface area contributed by atoms with Gasteiger partial charge in [-0.1, -0.05) is 99.9 Å². The highest BCUT2D eigenvalue weighted by Gasteiger charge is 2.18. The van der Waals surface area contributed by atoms with Gasteiger partial charge in [-0.25, -0.2) is 11.3 Å². The van der Waals surface area contributed by atoms with Crippen LogP contribution in [0.3, 0.4) is 0 Å². The maximum absolute atomic E-state index is 12.1. The van der Waals surface area contributed by atoms with Gasteiger partial charge in [0, 0.05) is 27.1 Å². The Hall–Kier alpha value is -6.00. The topological polar surface area (TPSA) is 266 Å². The van der Waals surface area contributed by atoms with Crippen LogP contribution in [0.1, 0.15) is 85.0 Å². The van der Waals surface area contributed by atoms with E-state index in [4.69, 9.17) is 94.4 Å². The van der Waals surface area contributed by atoms with Gasteiger partial charge in [0.2, 0.25) is 0 Å². The van der Waals surface area contributed by atoms with Crippen molar-refractivity contribution in [3.8, 4) is 46.0 Å². The average molecular weight is 1280 g/mol. The molecule has 0 aromatic heterocycles. The number of hydrazone groups is 1. The monoisotopic (exact) mass is 1280 g/mol. The molecule has 0 aliphatic carbocycles. The molecule has 75 heavy (non-hydrogen) atoms. The maximum Gasteiger partial charge on any atom is 0.272 e. The number of amides is 2. The van der Waals surface area contributed by atoms with Crippen LogP contribution in [0.5, 0.6) is 46.0 Å². The van der Waals surface area contributed by atoms with E-state index in [1.807, 2.05) is 13.0 Å². The van der Waals surface area contributed by atoms with Crippen molar-refractivity contribution in [3.63, 3.8) is 0 Å². The standard InChI is InChI=1S/C16H13BrCl2N2O3.2C9H8Cl2O3.C9H10O3.C7H7BrN2O/c1-2-24-13-7-12(18)14(19)10(15(13)22)8-20-21-16(23)9-5-3-4-6-11(9)17;2*1-2-14-7-3-6(10)8(11)5(4-12)9(7)13;1-2-12-8-5-3-4-7(6-10)9(8)11;8-6-4-2-1-3-5(6)7(11)10-9/h3-8,22H,2H2,1H3,(H,21,23);2*3-4,13H,2H2,1H3;3-6,11H,2H2,1H3;1-4H,9H2,(H,10,11)/b20-8+;;;;. The quantitative estimate of drug-likeness (QED) is 0.0166. The summed E-state index contributed by atoms with van der Waals surface area (Å²) in [5.41, 5.74) is 5.67. The zero-order chi connectivity index (χ0) is 56.4. The first kappa shape index (κ1) is 65.1. The summed E-state index contributed by atoms with van der Waals surface area (Å²) in [5, 5.41) is 43.1. The van der Waals surface area contributed by atoms with Gasteiger partial charge >= 0.3 is 0 Å². The van der Waals surface area contributed by atoms with E-state index >= 15 is 0 Å². The Labute approximate surface area is 477 Å². The largest absolute Gasteiger partial charge is 0.504 e. The number of carbonyl (C=O) groups excluding carboxylic acids is 5. The van der Waals surface area contributed by atoms with Crippen molar-refractivity contribution < 1.29 is 63.3 Å². The number of aromatic hydroxyl groups is 4. The van der Waals surface area contributed by atoms with Crippen molar-refractivity contribution in [1.29, 1.82) is 0 Å². The summed E-state index contributed by atoms with van der Waals surface area (Å²) >= 11 is 41.4. The molecule has 0 saturated heterocycles. The SMILES string of the molecule is CCOc1cc(Cl)c(Cl)c(/C=N/NC(=O)c2ccccc2Br)c1O.CCOc1cc(Cl)c(Cl)c(C=O)c1O.CCOc1cc(Cl)c(Cl)c(C=O)c1O.CCOc1cccc(C=O)c1O.NNC(=O)c1ccccc1Br. The lowest BCUT2D eigenvalue weighted by Gasteiger charge is -2.10. The minimum absolute atomic E-state index is 0.0302. The molecule has 6 aromatic rings. The van der Waals surface area contributed by atoms with Gasteiger partial charge in [0.15, 0.2) is 64.9 Å². The number of nitrogens with zero attached hydrogens (tertiary/aromatic N) is 1. The minimum atomic E-state index is -0.415. The van der Waals surface area contributed by atoms with Gasteiger partial charge in [-0.15, -0.1) is 0 Å². The van der Waals surface area contributed by atoms with E-state index in [1.54, 1.807) is 75.4 Å². The number of ether oxygens (including phenoxy) is 4. The molecule has 6 rings (SSSR count). The number of rotatable bonds is 15. The molecule has 0 radical (unpaired) electrons. The van der Waals surface area contributed by atoms with Gasteiger partial charge in [-0.2, -0.15) is 5.10 Å². The number of nitrogen functional groups attached to an aromatic ring is 1. The Kier molecular flexibility index (Phi) is 29.4. The van der Waals surface area contributed by atoms with E-state index in [2.05, 4.69) is 47.8 Å². The normalized spacial score (nSPS) is 10.0. The van der Waals surface area contributed by atoms with Crippen LogP contribution >= 0.6 is 101 Å². The van der Waals surface area contributed by atoms with Crippen LogP contribution in [0.25, 0.3) is 0 Å². The molecule has 0 bridgehead atoms. The third kappa shape index (κ3) is 19.3. The molecule has 0 atom stereocenters. The minimum Gasteiger partial charge on any atom is -0.504 e. The molecule has 6 aromatic carbocycles. The summed E-state index contributed by atoms with van der Waals surface area (Å²) in [6.07, 6.45) is 2.68. The second-order valence-electron chi connectivity index (χ2n) is 13.7. The smallest absolute Gasteiger partial charge is 0.272 e. The molecule has 0 aliphatic rings. The van der Waals surface area contributed by atoms with Gasteiger partial charge in [0.05, 0.1) is 96.2 Å². The number of benzene rings is 6. The van der Waals surface area contributed by atoms with E-state index in [0.717, 1.165) is 4.47 Å². The predicted molar refractivity (Wildman–Crippen MR) is 298 cm³/mol. The fourth-order valence-corrected chi connectivity index (χ4v) is 7.56. The van der Waals surface area contributed by atoms with Crippen LogP contribution in [0, 0.1) is 0 Å². The lowest BCUT2D eigenvalue weighted by molar-refractivity contribution is 0.0945. The molecular weight excluding hydrogens is 1240 g/mol. The zero-order valence-corrected chi connectivity index (χ0v) is 47.4. The van der Waals surface area contributed by atoms with Crippen LogP contribution in [-0.4, -0.2) is 83.7 Å². The number of halogens is 8. The van der Waals surface area contributed by atoms with Gasteiger partial charge in [0.25, 0.3) is 11.8 Å². The second-order valence-corrected chi connectivity index (χ2v) is 17.8. The molecule has 0 aliphatic heterocycles. The number of hydrogen-bond donors (Lipinski definition) is 7. The van der Waals surface area contributed by atoms with Crippen molar-refractivity contribution in [2.24, 2.45) is 10.9 Å². The summed E-state index contributed by atoms with van der Waals surface area (Å²) in [4.78, 5) is 54.6. The van der Waals surface area contributed by atoms with E-state index in [0.29, 0.717) is 66.6 Å². The molecule has 0 fully saturated rings. The Morgan fingerprint density at radius 2 is 0.907 bits per heavy atom. The van der Waals surface area contributed by atoms with Crippen molar-refractivity contribution in [2.45, 2.75) is 27.7 Å². The highest BCUT2D eigenvalue weighted by molar-refractivity contribution is 9.10. The summed E-state index contributed by atoms with van der Waals surface area (Å²) in [6.45, 7) is 8.64. The maximum atomic E-state index is 12.1. The Balaban J connectivity index is 0.000000332. The number of hydrazine groups is 1. The number of nitrogens with two attached hydrogens (primary N) is 1. The molecule has 0 saturated carbocycles. The molecule has 0 heterocycles. The van der Waals surface area contributed by atoms with Crippen molar-refractivity contribution in [1.82, 2.24) is 10.9 Å². The Morgan fingerprint density at radius 1 is 0.533 bits per heavy atom. The van der Waals surface area contributed by atoms with Crippen LogP contribution < -0.4 is 35.6 Å². The van der Waals surface area contributed by atoms with Crippen molar-refractivity contribution in [2.75, 3.05) is 26.4 Å². The Bertz CT molecular complexity index is 2900. The van der Waals surface area contributed by atoms with Crippen LogP contribution in [0.15, 0.2) is 99.0 Å². The highest BCUT2D eigenvalue weighted by Crippen LogP contribution is 2.41. The molecule has 25 heteroatoms. The number of hydrogen-bond acceptors (Lipinski definition) is 15.